The fourth-order valence-electron chi connectivity index (χ4n) is 2.41. The molecular weight excluding hydrogens is 360 g/mol. The van der Waals surface area contributed by atoms with Crippen molar-refractivity contribution in [2.24, 2.45) is 0 Å². The summed E-state index contributed by atoms with van der Waals surface area (Å²) in [5, 5.41) is 60.1. The third-order valence-corrected chi connectivity index (χ3v) is 3.72. The second-order valence-electron chi connectivity index (χ2n) is 5.34. The molecule has 1 aliphatic heterocycles. The molecular formula is C13H14N2O11. The molecule has 4 N–H and O–H groups in total. The van der Waals surface area contributed by atoms with Crippen LogP contribution in [0.2, 0.25) is 0 Å². The highest BCUT2D eigenvalue weighted by molar-refractivity contribution is 5.73. The first-order valence-electron chi connectivity index (χ1n) is 7.10. The van der Waals surface area contributed by atoms with Crippen molar-refractivity contribution in [3.05, 3.63) is 44.0 Å². The van der Waals surface area contributed by atoms with Gasteiger partial charge in [-0.15, -0.1) is 0 Å². The normalized spacial score (nSPS) is 28.5. The molecule has 0 bridgehead atoms. The molecule has 0 amide bonds. The zero-order valence-electron chi connectivity index (χ0n) is 12.9. The number of aliphatic carboxylic acids is 1. The zero-order valence-corrected chi connectivity index (χ0v) is 12.9. The number of nitrogens with zero attached hydrogens (tertiary/aromatic N) is 2. The molecule has 0 radical (unpaired) electrons. The van der Waals surface area contributed by atoms with Crippen molar-refractivity contribution in [2.45, 2.75) is 37.3 Å². The van der Waals surface area contributed by atoms with E-state index in [2.05, 4.69) is 0 Å². The summed E-state index contributed by atoms with van der Waals surface area (Å²) in [5.41, 5.74) is -1.69. The van der Waals surface area contributed by atoms with Gasteiger partial charge in [-0.1, -0.05) is 0 Å². The summed E-state index contributed by atoms with van der Waals surface area (Å²) in [6.07, 6.45) is -9.49. The molecule has 0 aliphatic carbocycles. The van der Waals surface area contributed by atoms with Crippen LogP contribution in [0.4, 0.5) is 11.4 Å². The van der Waals surface area contributed by atoms with Gasteiger partial charge in [-0.3, -0.25) is 20.2 Å². The molecule has 0 saturated carbocycles. The van der Waals surface area contributed by atoms with Crippen molar-refractivity contribution in [3.8, 4) is 0 Å². The van der Waals surface area contributed by atoms with Gasteiger partial charge < -0.3 is 29.9 Å². The highest BCUT2D eigenvalue weighted by Gasteiger charge is 2.47. The molecule has 1 heterocycles. The predicted octanol–water partition coefficient (Wildman–Crippen LogP) is -1.09. The molecule has 13 heteroatoms. The Morgan fingerprint density at radius 1 is 1.08 bits per heavy atom. The first-order valence-corrected chi connectivity index (χ1v) is 7.10. The standard InChI is InChI=1S/C13H14N2O11/c16-8-9(17)11(12(19)20)26-13(10(8)18)25-4-5-6(14(21)22)2-1-3-7(5)15(23)24/h1-3,8-11,13,16-18H,4H2,(H,19,20)/t8-,9-,10+,11-,13+/m0/s1. The average molecular weight is 374 g/mol. The third kappa shape index (κ3) is 3.76. The van der Waals surface area contributed by atoms with Gasteiger partial charge in [0.05, 0.1) is 16.5 Å². The van der Waals surface area contributed by atoms with Crippen LogP contribution >= 0.6 is 0 Å². The number of nitro groups is 2. The molecule has 13 nitrogen and oxygen atoms in total. The number of nitro benzene ring substituents is 2. The van der Waals surface area contributed by atoms with Crippen LogP contribution in [0.3, 0.4) is 0 Å². The van der Waals surface area contributed by atoms with E-state index in [1.165, 1.54) is 0 Å². The van der Waals surface area contributed by atoms with Gasteiger partial charge in [-0.05, 0) is 6.07 Å². The maximum atomic E-state index is 11.0. The summed E-state index contributed by atoms with van der Waals surface area (Å²) in [6, 6.07) is 3.11. The van der Waals surface area contributed by atoms with Gasteiger partial charge in [0.15, 0.2) is 12.4 Å². The molecule has 0 unspecified atom stereocenters. The summed E-state index contributed by atoms with van der Waals surface area (Å²) in [6.45, 7) is -0.787. The largest absolute Gasteiger partial charge is 0.479 e. The van der Waals surface area contributed by atoms with Crippen molar-refractivity contribution in [1.82, 2.24) is 0 Å². The lowest BCUT2D eigenvalue weighted by Gasteiger charge is -2.38. The minimum Gasteiger partial charge on any atom is -0.479 e. The van der Waals surface area contributed by atoms with Crippen LogP contribution in [-0.2, 0) is 20.9 Å². The Hall–Kier alpha value is -2.71. The zero-order chi connectivity index (χ0) is 19.6. The molecule has 1 aliphatic rings. The molecule has 1 saturated heterocycles. The number of hydrogen-bond donors (Lipinski definition) is 4. The van der Waals surface area contributed by atoms with Gasteiger partial charge in [-0.25, -0.2) is 4.79 Å². The van der Waals surface area contributed by atoms with Crippen LogP contribution in [0.5, 0.6) is 0 Å². The van der Waals surface area contributed by atoms with E-state index in [1.54, 1.807) is 0 Å². The van der Waals surface area contributed by atoms with E-state index in [9.17, 15) is 40.3 Å². The number of rotatable bonds is 6. The van der Waals surface area contributed by atoms with Crippen LogP contribution < -0.4 is 0 Å². The summed E-state index contributed by atoms with van der Waals surface area (Å²) in [5.74, 6) is -1.64. The Kier molecular flexibility index (Phi) is 5.79. The SMILES string of the molecule is O=C(O)[C@H]1O[C@@H](OCc2c([N+](=O)[O-])cccc2[N+](=O)[O-])[C@H](O)[C@@H](O)[C@@H]1O. The van der Waals surface area contributed by atoms with Gasteiger partial charge in [0.25, 0.3) is 11.4 Å². The van der Waals surface area contributed by atoms with Crippen LogP contribution in [0.15, 0.2) is 18.2 Å². The first kappa shape index (κ1) is 19.6. The monoisotopic (exact) mass is 374 g/mol. The molecule has 26 heavy (non-hydrogen) atoms. The van der Waals surface area contributed by atoms with E-state index in [1.807, 2.05) is 0 Å². The van der Waals surface area contributed by atoms with Crippen molar-refractivity contribution in [3.63, 3.8) is 0 Å². The Bertz CT molecular complexity index is 692. The molecule has 2 rings (SSSR count). The van der Waals surface area contributed by atoms with E-state index < -0.39 is 70.1 Å². The number of carboxylic acids is 1. The van der Waals surface area contributed by atoms with E-state index in [0.717, 1.165) is 18.2 Å². The minimum absolute atomic E-state index is 0.439. The second kappa shape index (κ2) is 7.67. The average Bonchev–Trinajstić information content (AvgIpc) is 2.58. The summed E-state index contributed by atoms with van der Waals surface area (Å²) in [7, 11) is 0. The topological polar surface area (TPSA) is 203 Å². The van der Waals surface area contributed by atoms with Crippen LogP contribution in [0, 0.1) is 20.2 Å². The number of aliphatic hydroxyl groups excluding tert-OH is 3. The second-order valence-corrected chi connectivity index (χ2v) is 5.34. The first-order chi connectivity index (χ1) is 12.1. The van der Waals surface area contributed by atoms with Gasteiger partial charge in [-0.2, -0.15) is 0 Å². The maximum absolute atomic E-state index is 11.0. The number of ether oxygens (including phenoxy) is 2. The number of aliphatic hydroxyl groups is 3. The van der Waals surface area contributed by atoms with E-state index in [0.29, 0.717) is 0 Å². The van der Waals surface area contributed by atoms with E-state index in [4.69, 9.17) is 14.6 Å². The fraction of sp³-hybridized carbons (Fsp3) is 0.462. The smallest absolute Gasteiger partial charge is 0.335 e. The van der Waals surface area contributed by atoms with E-state index >= 15 is 0 Å². The van der Waals surface area contributed by atoms with Crippen molar-refractivity contribution >= 4 is 17.3 Å². The van der Waals surface area contributed by atoms with Gasteiger partial charge >= 0.3 is 5.97 Å². The lowest BCUT2D eigenvalue weighted by atomic mass is 9.99. The summed E-state index contributed by atoms with van der Waals surface area (Å²) < 4.78 is 9.89. The minimum atomic E-state index is -1.94. The Balaban J connectivity index is 2.26. The van der Waals surface area contributed by atoms with Crippen molar-refractivity contribution in [2.75, 3.05) is 0 Å². The third-order valence-electron chi connectivity index (χ3n) is 3.72. The predicted molar refractivity (Wildman–Crippen MR) is 78.9 cm³/mol. The summed E-state index contributed by atoms with van der Waals surface area (Å²) >= 11 is 0. The van der Waals surface area contributed by atoms with Crippen LogP contribution in [0.1, 0.15) is 5.56 Å². The number of carbonyl (C=O) groups is 1. The van der Waals surface area contributed by atoms with Crippen molar-refractivity contribution in [1.29, 1.82) is 0 Å². The fourth-order valence-corrected chi connectivity index (χ4v) is 2.41. The van der Waals surface area contributed by atoms with Gasteiger partial charge in [0.1, 0.15) is 23.9 Å². The Morgan fingerprint density at radius 3 is 2.08 bits per heavy atom. The molecule has 1 fully saturated rings. The van der Waals surface area contributed by atoms with Crippen molar-refractivity contribution < 1.29 is 44.5 Å². The molecule has 0 aromatic heterocycles. The lowest BCUT2D eigenvalue weighted by Crippen LogP contribution is -2.60. The highest BCUT2D eigenvalue weighted by Crippen LogP contribution is 2.30. The highest BCUT2D eigenvalue weighted by atomic mass is 16.7. The molecule has 0 spiro atoms. The number of carboxylic acid groups (broad SMARTS) is 1. The van der Waals surface area contributed by atoms with Gasteiger partial charge in [0.2, 0.25) is 0 Å². The number of hydrogen-bond acceptors (Lipinski definition) is 10. The van der Waals surface area contributed by atoms with Gasteiger partial charge in [0, 0.05) is 12.1 Å². The number of benzene rings is 1. The molecule has 5 atom stereocenters. The molecule has 1 aromatic rings. The Labute approximate surface area is 144 Å². The van der Waals surface area contributed by atoms with Crippen LogP contribution in [0.25, 0.3) is 0 Å². The van der Waals surface area contributed by atoms with E-state index in [-0.39, 0.29) is 0 Å². The lowest BCUT2D eigenvalue weighted by molar-refractivity contribution is -0.396. The Morgan fingerprint density at radius 2 is 1.62 bits per heavy atom. The quantitative estimate of drug-likeness (QED) is 0.348. The van der Waals surface area contributed by atoms with Crippen LogP contribution in [-0.4, -0.2) is 66.9 Å². The summed E-state index contributed by atoms with van der Waals surface area (Å²) in [4.78, 5) is 31.4. The molecule has 1 aromatic carbocycles. The molecule has 142 valence electrons. The maximum Gasteiger partial charge on any atom is 0.335 e.